The predicted molar refractivity (Wildman–Crippen MR) is 83.3 cm³/mol. The Morgan fingerprint density at radius 2 is 2.32 bits per heavy atom. The SMILES string of the molecule is CCC(c1cccc(Br)c1)N1C[C@@H]2CCCN[C@@H]2C1. The Morgan fingerprint density at radius 3 is 3.05 bits per heavy atom. The van der Waals surface area contributed by atoms with E-state index >= 15 is 0 Å². The molecule has 1 unspecified atom stereocenters. The number of nitrogens with zero attached hydrogens (tertiary/aromatic N) is 1. The van der Waals surface area contributed by atoms with Crippen LogP contribution in [0, 0.1) is 5.92 Å². The maximum Gasteiger partial charge on any atom is 0.0346 e. The van der Waals surface area contributed by atoms with Gasteiger partial charge in [-0.2, -0.15) is 0 Å². The van der Waals surface area contributed by atoms with Crippen LogP contribution in [0.3, 0.4) is 0 Å². The van der Waals surface area contributed by atoms with Crippen molar-refractivity contribution in [3.63, 3.8) is 0 Å². The molecule has 19 heavy (non-hydrogen) atoms. The molecule has 1 aromatic carbocycles. The lowest BCUT2D eigenvalue weighted by Crippen LogP contribution is -2.40. The average Bonchev–Trinajstić information content (AvgIpc) is 2.83. The van der Waals surface area contributed by atoms with Crippen molar-refractivity contribution in [3.05, 3.63) is 34.3 Å². The second-order valence-electron chi connectivity index (χ2n) is 5.90. The number of halogens is 1. The molecule has 2 fully saturated rings. The van der Waals surface area contributed by atoms with E-state index in [1.54, 1.807) is 0 Å². The van der Waals surface area contributed by atoms with Crippen LogP contribution in [0.5, 0.6) is 0 Å². The monoisotopic (exact) mass is 322 g/mol. The summed E-state index contributed by atoms with van der Waals surface area (Å²) in [5, 5.41) is 3.70. The molecule has 0 bridgehead atoms. The van der Waals surface area contributed by atoms with Crippen LogP contribution in [-0.2, 0) is 0 Å². The molecule has 3 heteroatoms. The summed E-state index contributed by atoms with van der Waals surface area (Å²) >= 11 is 3.60. The number of nitrogens with one attached hydrogen (secondary N) is 1. The maximum absolute atomic E-state index is 3.70. The van der Waals surface area contributed by atoms with Gasteiger partial charge in [-0.1, -0.05) is 35.0 Å². The third kappa shape index (κ3) is 2.88. The third-order valence-electron chi connectivity index (χ3n) is 4.69. The molecular weight excluding hydrogens is 300 g/mol. The molecule has 1 aromatic rings. The Bertz CT molecular complexity index is 421. The fraction of sp³-hybridized carbons (Fsp3) is 0.625. The molecule has 2 aliphatic heterocycles. The lowest BCUT2D eigenvalue weighted by molar-refractivity contribution is 0.228. The van der Waals surface area contributed by atoms with Crippen LogP contribution in [0.2, 0.25) is 0 Å². The number of hydrogen-bond acceptors (Lipinski definition) is 2. The zero-order valence-electron chi connectivity index (χ0n) is 11.6. The van der Waals surface area contributed by atoms with Gasteiger partial charge in [0.15, 0.2) is 0 Å². The highest BCUT2D eigenvalue weighted by Gasteiger charge is 2.36. The predicted octanol–water partition coefficient (Wildman–Crippen LogP) is 3.58. The molecule has 104 valence electrons. The summed E-state index contributed by atoms with van der Waals surface area (Å²) in [4.78, 5) is 2.69. The normalized spacial score (nSPS) is 29.2. The number of fused-ring (bicyclic) bond motifs is 1. The second kappa shape index (κ2) is 5.94. The van der Waals surface area contributed by atoms with Crippen LogP contribution in [0.25, 0.3) is 0 Å². The largest absolute Gasteiger partial charge is 0.312 e. The summed E-state index contributed by atoms with van der Waals surface area (Å²) in [5.74, 6) is 0.870. The number of rotatable bonds is 3. The van der Waals surface area contributed by atoms with E-state index in [2.05, 4.69) is 57.3 Å². The van der Waals surface area contributed by atoms with Crippen LogP contribution in [0.1, 0.15) is 37.8 Å². The summed E-state index contributed by atoms with van der Waals surface area (Å²) in [5.41, 5.74) is 1.45. The first-order valence-electron chi connectivity index (χ1n) is 7.51. The molecule has 1 N–H and O–H groups in total. The Hall–Kier alpha value is -0.380. The van der Waals surface area contributed by atoms with E-state index in [-0.39, 0.29) is 0 Å². The first kappa shape index (κ1) is 13.6. The van der Waals surface area contributed by atoms with E-state index in [1.807, 2.05) is 0 Å². The van der Waals surface area contributed by atoms with E-state index in [9.17, 15) is 0 Å². The highest BCUT2D eigenvalue weighted by atomic mass is 79.9. The fourth-order valence-corrected chi connectivity index (χ4v) is 4.17. The van der Waals surface area contributed by atoms with Crippen molar-refractivity contribution in [2.45, 2.75) is 38.3 Å². The summed E-state index contributed by atoms with van der Waals surface area (Å²) in [7, 11) is 0. The Kier molecular flexibility index (Phi) is 4.25. The highest BCUT2D eigenvalue weighted by molar-refractivity contribution is 9.10. The fourth-order valence-electron chi connectivity index (χ4n) is 3.75. The molecule has 0 spiro atoms. The number of hydrogen-bond donors (Lipinski definition) is 1. The van der Waals surface area contributed by atoms with Crippen molar-refractivity contribution in [1.29, 1.82) is 0 Å². The van der Waals surface area contributed by atoms with Gasteiger partial charge in [0.25, 0.3) is 0 Å². The first-order chi connectivity index (χ1) is 9.28. The van der Waals surface area contributed by atoms with Crippen molar-refractivity contribution >= 4 is 15.9 Å². The zero-order chi connectivity index (χ0) is 13.2. The molecule has 0 radical (unpaired) electrons. The van der Waals surface area contributed by atoms with Gasteiger partial charge in [-0.15, -0.1) is 0 Å². The minimum atomic E-state index is 0.574. The van der Waals surface area contributed by atoms with Crippen LogP contribution in [0.15, 0.2) is 28.7 Å². The number of benzene rings is 1. The molecule has 0 saturated carbocycles. The van der Waals surface area contributed by atoms with Gasteiger partial charge in [0.1, 0.15) is 0 Å². The standard InChI is InChI=1S/C16H23BrN2/c1-2-16(12-5-3-7-14(17)9-12)19-10-13-6-4-8-18-15(13)11-19/h3,5,7,9,13,15-16,18H,2,4,6,8,10-11H2,1H3/t13-,15+,16?/m0/s1. The van der Waals surface area contributed by atoms with Gasteiger partial charge in [0, 0.05) is 29.6 Å². The molecule has 2 saturated heterocycles. The molecule has 2 heterocycles. The lowest BCUT2D eigenvalue weighted by atomic mass is 9.94. The molecule has 3 atom stereocenters. The maximum atomic E-state index is 3.70. The molecule has 2 nitrogen and oxygen atoms in total. The summed E-state index contributed by atoms with van der Waals surface area (Å²) < 4.78 is 1.19. The van der Waals surface area contributed by atoms with Crippen molar-refractivity contribution in [1.82, 2.24) is 10.2 Å². The van der Waals surface area contributed by atoms with Crippen LogP contribution in [-0.4, -0.2) is 30.6 Å². The van der Waals surface area contributed by atoms with E-state index in [0.717, 1.165) is 12.0 Å². The minimum absolute atomic E-state index is 0.574. The van der Waals surface area contributed by atoms with Gasteiger partial charge < -0.3 is 5.32 Å². The van der Waals surface area contributed by atoms with Crippen molar-refractivity contribution in [2.24, 2.45) is 5.92 Å². The molecule has 0 aromatic heterocycles. The Morgan fingerprint density at radius 1 is 1.42 bits per heavy atom. The highest BCUT2D eigenvalue weighted by Crippen LogP contribution is 2.34. The van der Waals surface area contributed by atoms with Gasteiger partial charge >= 0.3 is 0 Å². The molecular formula is C16H23BrN2. The second-order valence-corrected chi connectivity index (χ2v) is 6.81. The van der Waals surface area contributed by atoms with Gasteiger partial charge in [-0.05, 0) is 49.4 Å². The average molecular weight is 323 g/mol. The van der Waals surface area contributed by atoms with E-state index < -0.39 is 0 Å². The van der Waals surface area contributed by atoms with Crippen molar-refractivity contribution in [3.8, 4) is 0 Å². The Balaban J connectivity index is 1.76. The minimum Gasteiger partial charge on any atom is -0.312 e. The van der Waals surface area contributed by atoms with Crippen molar-refractivity contribution < 1.29 is 0 Å². The number of likely N-dealkylation sites (tertiary alicyclic amines) is 1. The van der Waals surface area contributed by atoms with Gasteiger partial charge in [-0.3, -0.25) is 4.90 Å². The van der Waals surface area contributed by atoms with Gasteiger partial charge in [-0.25, -0.2) is 0 Å². The van der Waals surface area contributed by atoms with Gasteiger partial charge in [0.2, 0.25) is 0 Å². The van der Waals surface area contributed by atoms with E-state index in [4.69, 9.17) is 0 Å². The molecule has 0 aliphatic carbocycles. The lowest BCUT2D eigenvalue weighted by Gasteiger charge is -2.27. The first-order valence-corrected chi connectivity index (χ1v) is 8.30. The van der Waals surface area contributed by atoms with E-state index in [1.165, 1.54) is 48.9 Å². The quantitative estimate of drug-likeness (QED) is 0.915. The summed E-state index contributed by atoms with van der Waals surface area (Å²) in [6, 6.07) is 10.1. The third-order valence-corrected chi connectivity index (χ3v) is 5.18. The zero-order valence-corrected chi connectivity index (χ0v) is 13.2. The smallest absolute Gasteiger partial charge is 0.0346 e. The van der Waals surface area contributed by atoms with Crippen molar-refractivity contribution in [2.75, 3.05) is 19.6 Å². The van der Waals surface area contributed by atoms with Crippen LogP contribution in [0.4, 0.5) is 0 Å². The van der Waals surface area contributed by atoms with E-state index in [0.29, 0.717) is 6.04 Å². The van der Waals surface area contributed by atoms with Gasteiger partial charge in [0.05, 0.1) is 0 Å². The molecule has 3 rings (SSSR count). The molecule has 0 amide bonds. The van der Waals surface area contributed by atoms with Crippen LogP contribution < -0.4 is 5.32 Å². The topological polar surface area (TPSA) is 15.3 Å². The van der Waals surface area contributed by atoms with Crippen LogP contribution >= 0.6 is 15.9 Å². The summed E-state index contributed by atoms with van der Waals surface area (Å²) in [6.45, 7) is 6.00. The number of piperidine rings is 1. The summed E-state index contributed by atoms with van der Waals surface area (Å²) in [6.07, 6.45) is 3.95. The Labute approximate surface area is 124 Å². The molecule has 2 aliphatic rings.